The fourth-order valence-corrected chi connectivity index (χ4v) is 3.49. The van der Waals surface area contributed by atoms with Crippen molar-refractivity contribution in [3.05, 3.63) is 12.2 Å². The number of rotatable bonds is 20. The summed E-state index contributed by atoms with van der Waals surface area (Å²) in [5.74, 6) is 0. The van der Waals surface area contributed by atoms with E-state index in [1.165, 1.54) is 116 Å². The Bertz CT molecular complexity index is 251. The van der Waals surface area contributed by atoms with Gasteiger partial charge in [-0.2, -0.15) is 0 Å². The maximum Gasteiger partial charge on any atom is 1.00 e. The summed E-state index contributed by atoms with van der Waals surface area (Å²) in [6, 6.07) is 0. The molecule has 0 saturated carbocycles. The van der Waals surface area contributed by atoms with Gasteiger partial charge in [0.1, 0.15) is 0 Å². The Kier molecular flexibility index (Phi) is 27.7. The van der Waals surface area contributed by atoms with Crippen LogP contribution in [0.25, 0.3) is 0 Å². The Morgan fingerprint density at radius 1 is 0.577 bits per heavy atom. The molecule has 0 aromatic rings. The van der Waals surface area contributed by atoms with Gasteiger partial charge in [-0.1, -0.05) is 116 Å². The first-order chi connectivity index (χ1) is 12.3. The van der Waals surface area contributed by atoms with Crippen LogP contribution in [0.15, 0.2) is 12.2 Å². The van der Waals surface area contributed by atoms with E-state index in [4.69, 9.17) is 0 Å². The van der Waals surface area contributed by atoms with Crippen molar-refractivity contribution in [1.29, 1.82) is 0 Å². The molecular formula is C24H50LiN. The fraction of sp³-hybridized carbons (Fsp3) is 0.917. The number of nitrogens with zero attached hydrogens (tertiary/aromatic N) is 1. The van der Waals surface area contributed by atoms with Gasteiger partial charge < -0.3 is 1.43 Å². The van der Waals surface area contributed by atoms with E-state index in [0.717, 1.165) is 6.54 Å². The van der Waals surface area contributed by atoms with Crippen LogP contribution in [0.1, 0.15) is 125 Å². The molecule has 0 atom stereocenters. The smallest absolute Gasteiger partial charge is 1.00 e. The molecule has 0 aliphatic carbocycles. The minimum atomic E-state index is 0. The molecule has 0 aromatic heterocycles. The third-order valence-electron chi connectivity index (χ3n) is 5.26. The van der Waals surface area contributed by atoms with Gasteiger partial charge in [0, 0.05) is 6.54 Å². The van der Waals surface area contributed by atoms with Gasteiger partial charge in [0.2, 0.25) is 0 Å². The molecule has 1 nitrogen and oxygen atoms in total. The van der Waals surface area contributed by atoms with Crippen LogP contribution in [-0.4, -0.2) is 24.5 Å². The summed E-state index contributed by atoms with van der Waals surface area (Å²) >= 11 is 0. The van der Waals surface area contributed by atoms with Crippen LogP contribution < -0.4 is 18.9 Å². The Labute approximate surface area is 180 Å². The first kappa shape index (κ1) is 28.5. The van der Waals surface area contributed by atoms with Crippen LogP contribution in [0.2, 0.25) is 0 Å². The number of hydrogen-bond acceptors (Lipinski definition) is 1. The molecular weight excluding hydrogens is 309 g/mol. The van der Waals surface area contributed by atoms with Crippen molar-refractivity contribution >= 4 is 0 Å². The van der Waals surface area contributed by atoms with Crippen LogP contribution in [0.4, 0.5) is 0 Å². The summed E-state index contributed by atoms with van der Waals surface area (Å²) in [7, 11) is 0. The summed E-state index contributed by atoms with van der Waals surface area (Å²) in [4.78, 5) is 2.67. The molecule has 152 valence electrons. The minimum Gasteiger partial charge on any atom is -1.00 e. The normalized spacial score (nSPS) is 11.4. The first-order valence-corrected chi connectivity index (χ1v) is 11.7. The summed E-state index contributed by atoms with van der Waals surface area (Å²) in [6.07, 6.45) is 27.3. The van der Waals surface area contributed by atoms with Crippen LogP contribution in [0.5, 0.6) is 0 Å². The van der Waals surface area contributed by atoms with E-state index in [1.54, 1.807) is 0 Å². The Morgan fingerprint density at radius 2 is 0.923 bits per heavy atom. The van der Waals surface area contributed by atoms with E-state index in [-0.39, 0.29) is 20.3 Å². The van der Waals surface area contributed by atoms with Crippen molar-refractivity contribution in [2.24, 2.45) is 0 Å². The average molecular weight is 360 g/mol. The molecule has 0 unspecified atom stereocenters. The minimum absolute atomic E-state index is 0. The van der Waals surface area contributed by atoms with Gasteiger partial charge in [0.25, 0.3) is 0 Å². The molecule has 0 amide bonds. The Hall–Kier alpha value is 0.297. The Balaban J connectivity index is -0.00000288. The molecule has 0 N–H and O–H groups in total. The predicted octanol–water partition coefficient (Wildman–Crippen LogP) is 5.26. The molecule has 0 bridgehead atoms. The zero-order valence-electron chi connectivity index (χ0n) is 20.0. The van der Waals surface area contributed by atoms with Crippen molar-refractivity contribution < 1.29 is 20.3 Å². The van der Waals surface area contributed by atoms with E-state index in [2.05, 4.69) is 37.8 Å². The molecule has 2 heteroatoms. The van der Waals surface area contributed by atoms with Gasteiger partial charge in [-0.25, -0.2) is 0 Å². The van der Waals surface area contributed by atoms with Crippen molar-refractivity contribution in [2.75, 3.05) is 19.6 Å². The average Bonchev–Trinajstić information content (AvgIpc) is 2.63. The summed E-state index contributed by atoms with van der Waals surface area (Å²) in [6.45, 7) is 10.5. The van der Waals surface area contributed by atoms with Crippen molar-refractivity contribution in [2.45, 2.75) is 124 Å². The van der Waals surface area contributed by atoms with E-state index >= 15 is 0 Å². The molecule has 0 rings (SSSR count). The SMILES string of the molecule is C/C=C/CN(CCCCCCCCCC)CCCCCCCCCC.[H-].[Li+]. The quantitative estimate of drug-likeness (QED) is 0.163. The van der Waals surface area contributed by atoms with E-state index in [0.29, 0.717) is 0 Å². The summed E-state index contributed by atoms with van der Waals surface area (Å²) in [5, 5.41) is 0. The zero-order valence-corrected chi connectivity index (χ0v) is 19.0. The molecule has 26 heavy (non-hydrogen) atoms. The number of hydrogen-bond donors (Lipinski definition) is 0. The zero-order chi connectivity index (χ0) is 18.4. The number of unbranched alkanes of at least 4 members (excludes halogenated alkanes) is 14. The maximum absolute atomic E-state index is 2.67. The monoisotopic (exact) mass is 359 g/mol. The Morgan fingerprint density at radius 3 is 1.27 bits per heavy atom. The number of allylic oxidation sites excluding steroid dienone is 1. The molecule has 0 fully saturated rings. The molecule has 0 spiro atoms. The van der Waals surface area contributed by atoms with Crippen LogP contribution in [-0.2, 0) is 0 Å². The summed E-state index contributed by atoms with van der Waals surface area (Å²) < 4.78 is 0. The van der Waals surface area contributed by atoms with Crippen LogP contribution in [0.3, 0.4) is 0 Å². The van der Waals surface area contributed by atoms with Crippen molar-refractivity contribution in [1.82, 2.24) is 4.90 Å². The summed E-state index contributed by atoms with van der Waals surface area (Å²) in [5.41, 5.74) is 0. The van der Waals surface area contributed by atoms with Gasteiger partial charge in [-0.3, -0.25) is 4.90 Å². The van der Waals surface area contributed by atoms with Gasteiger partial charge in [0.05, 0.1) is 0 Å². The van der Waals surface area contributed by atoms with Crippen LogP contribution >= 0.6 is 0 Å². The third-order valence-corrected chi connectivity index (χ3v) is 5.26. The topological polar surface area (TPSA) is 3.24 Å². The molecule has 0 aliphatic heterocycles. The molecule has 0 radical (unpaired) electrons. The van der Waals surface area contributed by atoms with Crippen molar-refractivity contribution in [3.8, 4) is 0 Å². The molecule has 0 heterocycles. The maximum atomic E-state index is 2.67. The fourth-order valence-electron chi connectivity index (χ4n) is 3.49. The van der Waals surface area contributed by atoms with E-state index < -0.39 is 0 Å². The first-order valence-electron chi connectivity index (χ1n) is 11.7. The van der Waals surface area contributed by atoms with Crippen molar-refractivity contribution in [3.63, 3.8) is 0 Å². The largest absolute Gasteiger partial charge is 1.00 e. The van der Waals surface area contributed by atoms with Gasteiger partial charge in [-0.05, 0) is 32.9 Å². The molecule has 0 aliphatic rings. The molecule has 0 saturated heterocycles. The second-order valence-corrected chi connectivity index (χ2v) is 7.82. The second-order valence-electron chi connectivity index (χ2n) is 7.82. The van der Waals surface area contributed by atoms with E-state index in [9.17, 15) is 0 Å². The third kappa shape index (κ3) is 22.3. The predicted molar refractivity (Wildman–Crippen MR) is 118 cm³/mol. The standard InChI is InChI=1S/C24H49N.Li.H/c1-4-7-10-12-14-16-18-20-23-25(22-9-6-3)24-21-19-17-15-13-11-8-5-2;;/h6,9H,4-5,7-8,10-24H2,1-3H3;;/q;+1;-1/b9-6+;;. The van der Waals surface area contributed by atoms with Gasteiger partial charge >= 0.3 is 18.9 Å². The second kappa shape index (κ2) is 25.3. The van der Waals surface area contributed by atoms with E-state index in [1.807, 2.05) is 0 Å². The van der Waals surface area contributed by atoms with Gasteiger partial charge in [0.15, 0.2) is 0 Å². The van der Waals surface area contributed by atoms with Crippen LogP contribution in [0, 0.1) is 0 Å². The molecule has 0 aromatic carbocycles. The van der Waals surface area contributed by atoms with Gasteiger partial charge in [-0.15, -0.1) is 0 Å².